The zero-order valence-electron chi connectivity index (χ0n) is 12.6. The molecule has 2 rings (SSSR count). The molecule has 1 heterocycles. The fourth-order valence-corrected chi connectivity index (χ4v) is 2.73. The molecule has 4 nitrogen and oxygen atoms in total. The Hall–Kier alpha value is -1.43. The van der Waals surface area contributed by atoms with Gasteiger partial charge in [0.1, 0.15) is 23.5 Å². The van der Waals surface area contributed by atoms with Gasteiger partial charge in [0.05, 0.1) is 11.8 Å². The van der Waals surface area contributed by atoms with Gasteiger partial charge in [-0.15, -0.1) is 11.3 Å². The third-order valence-electron chi connectivity index (χ3n) is 3.06. The zero-order valence-corrected chi connectivity index (χ0v) is 13.4. The monoisotopic (exact) mass is 307 g/mol. The largest absolute Gasteiger partial charge is 0.487 e. The van der Waals surface area contributed by atoms with Crippen LogP contribution in [0.25, 0.3) is 0 Å². The summed E-state index contributed by atoms with van der Waals surface area (Å²) in [6, 6.07) is 7.48. The topological polar surface area (TPSA) is 51.6 Å². The fourth-order valence-electron chi connectivity index (χ4n) is 1.92. The van der Waals surface area contributed by atoms with E-state index in [1.54, 1.807) is 18.3 Å². The summed E-state index contributed by atoms with van der Waals surface area (Å²) in [6.45, 7) is 6.81. The highest BCUT2D eigenvalue weighted by atomic mass is 32.1. The Morgan fingerprint density at radius 2 is 2.14 bits per heavy atom. The molecule has 0 saturated carbocycles. The number of aliphatic hydroxyl groups excluding tert-OH is 1. The lowest BCUT2D eigenvalue weighted by Crippen LogP contribution is -2.01. The molecule has 0 aliphatic rings. The lowest BCUT2D eigenvalue weighted by molar-refractivity contribution is 0.0760. The molecule has 0 spiro atoms. The number of ether oxygens (including phenoxy) is 2. The van der Waals surface area contributed by atoms with Gasteiger partial charge in [0.15, 0.2) is 0 Å². The maximum atomic E-state index is 9.57. The summed E-state index contributed by atoms with van der Waals surface area (Å²) in [5.74, 6) is 0.737. The van der Waals surface area contributed by atoms with Crippen molar-refractivity contribution in [3.63, 3.8) is 0 Å². The van der Waals surface area contributed by atoms with Gasteiger partial charge in [0, 0.05) is 12.0 Å². The van der Waals surface area contributed by atoms with Crippen LogP contribution in [-0.2, 0) is 11.3 Å². The van der Waals surface area contributed by atoms with Gasteiger partial charge in [0.25, 0.3) is 0 Å². The lowest BCUT2D eigenvalue weighted by atomic mass is 10.1. The van der Waals surface area contributed by atoms with Crippen LogP contribution in [0.15, 0.2) is 29.6 Å². The van der Waals surface area contributed by atoms with Crippen molar-refractivity contribution < 1.29 is 14.6 Å². The van der Waals surface area contributed by atoms with Gasteiger partial charge in [0.2, 0.25) is 0 Å². The summed E-state index contributed by atoms with van der Waals surface area (Å²) in [5, 5.41) is 12.5. The Labute approximate surface area is 129 Å². The minimum atomic E-state index is -0.494. The van der Waals surface area contributed by atoms with E-state index in [9.17, 15) is 5.11 Å². The van der Waals surface area contributed by atoms with Gasteiger partial charge in [-0.3, -0.25) is 0 Å². The maximum absolute atomic E-state index is 9.57. The van der Waals surface area contributed by atoms with Crippen molar-refractivity contribution in [1.29, 1.82) is 0 Å². The zero-order chi connectivity index (χ0) is 15.2. The highest BCUT2D eigenvalue weighted by Gasteiger charge is 2.10. The minimum Gasteiger partial charge on any atom is -0.487 e. The Morgan fingerprint density at radius 3 is 2.86 bits per heavy atom. The molecule has 0 bridgehead atoms. The van der Waals surface area contributed by atoms with Crippen molar-refractivity contribution >= 4 is 11.3 Å². The molecule has 0 fully saturated rings. The first-order valence-corrected chi connectivity index (χ1v) is 7.94. The van der Waals surface area contributed by atoms with Crippen LogP contribution in [0, 0.1) is 0 Å². The van der Waals surface area contributed by atoms with Crippen molar-refractivity contribution in [3.8, 4) is 5.75 Å². The van der Waals surface area contributed by atoms with E-state index >= 15 is 0 Å². The molecule has 2 atom stereocenters. The molecule has 21 heavy (non-hydrogen) atoms. The predicted molar refractivity (Wildman–Crippen MR) is 83.6 cm³/mol. The number of benzene rings is 1. The van der Waals surface area contributed by atoms with Crippen molar-refractivity contribution in [3.05, 3.63) is 45.9 Å². The molecule has 1 aromatic carbocycles. The lowest BCUT2D eigenvalue weighted by Gasteiger charge is -2.09. The first-order valence-electron chi connectivity index (χ1n) is 7.07. The van der Waals surface area contributed by atoms with E-state index in [-0.39, 0.29) is 6.10 Å². The third kappa shape index (κ3) is 4.52. The first-order chi connectivity index (χ1) is 10.1. The van der Waals surface area contributed by atoms with Gasteiger partial charge < -0.3 is 14.6 Å². The van der Waals surface area contributed by atoms with Crippen LogP contribution in [0.2, 0.25) is 0 Å². The molecule has 1 N–H and O–H groups in total. The van der Waals surface area contributed by atoms with Crippen molar-refractivity contribution in [1.82, 2.24) is 4.98 Å². The second kappa shape index (κ2) is 7.54. The number of aliphatic hydroxyl groups is 1. The van der Waals surface area contributed by atoms with E-state index in [1.165, 1.54) is 0 Å². The minimum absolute atomic E-state index is 0.0207. The van der Waals surface area contributed by atoms with Gasteiger partial charge in [-0.05, 0) is 38.5 Å². The van der Waals surface area contributed by atoms with Crippen LogP contribution in [0.5, 0.6) is 5.75 Å². The maximum Gasteiger partial charge on any atom is 0.131 e. The molecule has 0 amide bonds. The smallest absolute Gasteiger partial charge is 0.131 e. The Bertz CT molecular complexity index is 568. The SMILES string of the molecule is CCOC(C)c1nc(COc2cccc(C(C)O)c2)cs1. The fraction of sp³-hybridized carbons (Fsp3) is 0.438. The normalized spacial score (nSPS) is 13.9. The molecule has 0 radical (unpaired) electrons. The van der Waals surface area contributed by atoms with Crippen molar-refractivity contribution in [2.45, 2.75) is 39.6 Å². The highest BCUT2D eigenvalue weighted by molar-refractivity contribution is 7.09. The molecule has 114 valence electrons. The highest BCUT2D eigenvalue weighted by Crippen LogP contribution is 2.23. The summed E-state index contributed by atoms with van der Waals surface area (Å²) < 4.78 is 11.3. The first kappa shape index (κ1) is 15.9. The number of thiazole rings is 1. The van der Waals surface area contributed by atoms with Gasteiger partial charge in [-0.25, -0.2) is 4.98 Å². The molecular weight excluding hydrogens is 286 g/mol. The quantitative estimate of drug-likeness (QED) is 0.843. The Balaban J connectivity index is 1.95. The van der Waals surface area contributed by atoms with Crippen LogP contribution >= 0.6 is 11.3 Å². The Morgan fingerprint density at radius 1 is 1.33 bits per heavy atom. The molecule has 0 saturated heterocycles. The van der Waals surface area contributed by atoms with Crippen LogP contribution in [0.4, 0.5) is 0 Å². The number of aromatic nitrogens is 1. The van der Waals surface area contributed by atoms with E-state index in [4.69, 9.17) is 9.47 Å². The average Bonchev–Trinajstić information content (AvgIpc) is 2.95. The standard InChI is InChI=1S/C16H21NO3S/c1-4-19-12(3)16-17-14(10-21-16)9-20-15-7-5-6-13(8-15)11(2)18/h5-8,10-12,18H,4,9H2,1-3H3. The van der Waals surface area contributed by atoms with E-state index < -0.39 is 6.10 Å². The van der Waals surface area contributed by atoms with Crippen molar-refractivity contribution in [2.75, 3.05) is 6.61 Å². The number of nitrogens with zero attached hydrogens (tertiary/aromatic N) is 1. The second-order valence-corrected chi connectivity index (χ2v) is 5.70. The molecule has 2 aromatic rings. The predicted octanol–water partition coefficient (Wildman–Crippen LogP) is 3.87. The van der Waals surface area contributed by atoms with E-state index in [1.807, 2.05) is 43.5 Å². The average molecular weight is 307 g/mol. The molecule has 0 aliphatic heterocycles. The molecule has 2 unspecified atom stereocenters. The second-order valence-electron chi connectivity index (χ2n) is 4.81. The number of hydrogen-bond donors (Lipinski definition) is 1. The van der Waals surface area contributed by atoms with Gasteiger partial charge in [-0.1, -0.05) is 12.1 Å². The van der Waals surface area contributed by atoms with Crippen LogP contribution < -0.4 is 4.74 Å². The third-order valence-corrected chi connectivity index (χ3v) is 4.12. The number of rotatable bonds is 7. The summed E-state index contributed by atoms with van der Waals surface area (Å²) in [6.07, 6.45) is -0.473. The Kier molecular flexibility index (Phi) is 5.73. The molecule has 0 aliphatic carbocycles. The molecule has 5 heteroatoms. The van der Waals surface area contributed by atoms with Crippen LogP contribution in [-0.4, -0.2) is 16.7 Å². The molecule has 1 aromatic heterocycles. The summed E-state index contributed by atoms with van der Waals surface area (Å²) in [7, 11) is 0. The number of hydrogen-bond acceptors (Lipinski definition) is 5. The van der Waals surface area contributed by atoms with E-state index in [2.05, 4.69) is 4.98 Å². The summed E-state index contributed by atoms with van der Waals surface area (Å²) >= 11 is 1.58. The summed E-state index contributed by atoms with van der Waals surface area (Å²) in [4.78, 5) is 4.52. The van der Waals surface area contributed by atoms with E-state index in [0.29, 0.717) is 13.2 Å². The van der Waals surface area contributed by atoms with Gasteiger partial charge in [-0.2, -0.15) is 0 Å². The summed E-state index contributed by atoms with van der Waals surface area (Å²) in [5.41, 5.74) is 1.74. The van der Waals surface area contributed by atoms with Gasteiger partial charge >= 0.3 is 0 Å². The van der Waals surface area contributed by atoms with Crippen LogP contribution in [0.3, 0.4) is 0 Å². The van der Waals surface area contributed by atoms with Crippen molar-refractivity contribution in [2.24, 2.45) is 0 Å². The van der Waals surface area contributed by atoms with E-state index in [0.717, 1.165) is 22.0 Å². The van der Waals surface area contributed by atoms with Crippen LogP contribution in [0.1, 0.15) is 49.2 Å². The molecular formula is C16H21NO3S.